The third kappa shape index (κ3) is 5.18. The highest BCUT2D eigenvalue weighted by atomic mass is 32.2. The third-order valence-electron chi connectivity index (χ3n) is 4.46. The number of rotatable bonds is 7. The van der Waals surface area contributed by atoms with Crippen molar-refractivity contribution in [2.45, 2.75) is 24.8 Å². The molecule has 0 bridgehead atoms. The van der Waals surface area contributed by atoms with Gasteiger partial charge in [0.25, 0.3) is 10.0 Å². The Morgan fingerprint density at radius 1 is 0.933 bits per heavy atom. The van der Waals surface area contributed by atoms with Gasteiger partial charge in [0, 0.05) is 0 Å². The second-order valence-corrected chi connectivity index (χ2v) is 8.37. The molecule has 3 rings (SSSR count). The molecule has 0 radical (unpaired) electrons. The van der Waals surface area contributed by atoms with Crippen LogP contribution in [-0.2, 0) is 10.0 Å². The van der Waals surface area contributed by atoms with Gasteiger partial charge in [0.2, 0.25) is 0 Å². The molecule has 3 aromatic rings. The second kappa shape index (κ2) is 9.45. The van der Waals surface area contributed by atoms with Gasteiger partial charge in [-0.25, -0.2) is 17.9 Å². The number of sulfonamides is 1. The van der Waals surface area contributed by atoms with Gasteiger partial charge in [0.05, 0.1) is 12.6 Å². The van der Waals surface area contributed by atoms with E-state index in [0.717, 1.165) is 16.7 Å². The van der Waals surface area contributed by atoms with Crippen LogP contribution in [0.2, 0.25) is 0 Å². The molecule has 2 N–H and O–H groups in total. The molecule has 0 spiro atoms. The molecule has 3 aromatic carbocycles. The highest BCUT2D eigenvalue weighted by Gasteiger charge is 2.24. The highest BCUT2D eigenvalue weighted by Crippen LogP contribution is 2.26. The summed E-state index contributed by atoms with van der Waals surface area (Å²) in [6.45, 7) is 3.91. The lowest BCUT2D eigenvalue weighted by molar-refractivity contribution is 0.243. The van der Waals surface area contributed by atoms with Crippen LogP contribution >= 0.6 is 0 Å². The van der Waals surface area contributed by atoms with Gasteiger partial charge in [-0.05, 0) is 42.7 Å². The molecule has 0 aromatic heterocycles. The summed E-state index contributed by atoms with van der Waals surface area (Å²) in [4.78, 5) is 12.6. The van der Waals surface area contributed by atoms with Crippen LogP contribution in [0, 0.1) is 6.92 Å². The van der Waals surface area contributed by atoms with Crippen molar-refractivity contribution in [3.05, 3.63) is 95.6 Å². The first-order valence-corrected chi connectivity index (χ1v) is 11.1. The maximum Gasteiger partial charge on any atom is 0.329 e. The number of urea groups is 1. The van der Waals surface area contributed by atoms with E-state index < -0.39 is 22.1 Å². The number of amides is 2. The molecule has 0 aliphatic heterocycles. The van der Waals surface area contributed by atoms with Crippen LogP contribution in [-0.4, -0.2) is 21.1 Å². The SMILES string of the molecule is CCOc1cc(C)ccc1S(=O)(=O)NC(=O)NC(c1ccccc1)c1ccccc1. The Labute approximate surface area is 177 Å². The van der Waals surface area contributed by atoms with Gasteiger partial charge in [-0.15, -0.1) is 0 Å². The molecular formula is C23H24N2O4S. The molecule has 0 aliphatic rings. The van der Waals surface area contributed by atoms with Crippen LogP contribution in [0.15, 0.2) is 83.8 Å². The lowest BCUT2D eigenvalue weighted by atomic mass is 9.99. The van der Waals surface area contributed by atoms with Crippen LogP contribution < -0.4 is 14.8 Å². The van der Waals surface area contributed by atoms with Crippen molar-refractivity contribution in [3.63, 3.8) is 0 Å². The lowest BCUT2D eigenvalue weighted by Crippen LogP contribution is -2.41. The molecule has 0 saturated heterocycles. The van der Waals surface area contributed by atoms with Crippen molar-refractivity contribution in [2.24, 2.45) is 0 Å². The fraction of sp³-hybridized carbons (Fsp3) is 0.174. The van der Waals surface area contributed by atoms with E-state index in [4.69, 9.17) is 4.74 Å². The Kier molecular flexibility index (Phi) is 6.74. The molecule has 7 heteroatoms. The van der Waals surface area contributed by atoms with Crippen LogP contribution in [0.3, 0.4) is 0 Å². The summed E-state index contributed by atoms with van der Waals surface area (Å²) in [7, 11) is -4.13. The van der Waals surface area contributed by atoms with Crippen molar-refractivity contribution < 1.29 is 17.9 Å². The zero-order valence-electron chi connectivity index (χ0n) is 16.8. The third-order valence-corrected chi connectivity index (χ3v) is 5.83. The summed E-state index contributed by atoms with van der Waals surface area (Å²) < 4.78 is 33.3. The van der Waals surface area contributed by atoms with E-state index in [9.17, 15) is 13.2 Å². The van der Waals surface area contributed by atoms with E-state index >= 15 is 0 Å². The minimum atomic E-state index is -4.13. The average molecular weight is 425 g/mol. The van der Waals surface area contributed by atoms with Gasteiger partial charge in [-0.3, -0.25) is 0 Å². The zero-order chi connectivity index (χ0) is 21.6. The summed E-state index contributed by atoms with van der Waals surface area (Å²) in [6.07, 6.45) is 0. The largest absolute Gasteiger partial charge is 0.492 e. The van der Waals surface area contributed by atoms with Crippen LogP contribution in [0.5, 0.6) is 5.75 Å². The molecule has 0 fully saturated rings. The average Bonchev–Trinajstić information content (AvgIpc) is 2.73. The van der Waals surface area contributed by atoms with Crippen molar-refractivity contribution in [1.82, 2.24) is 10.0 Å². The molecule has 156 valence electrons. The van der Waals surface area contributed by atoms with Crippen molar-refractivity contribution >= 4 is 16.1 Å². The predicted octanol–water partition coefficient (Wildman–Crippen LogP) is 4.17. The first-order valence-electron chi connectivity index (χ1n) is 9.57. The highest BCUT2D eigenvalue weighted by molar-refractivity contribution is 7.90. The standard InChI is InChI=1S/C23H24N2O4S/c1-3-29-20-16-17(2)14-15-21(20)30(27,28)25-23(26)24-22(18-10-6-4-7-11-18)19-12-8-5-9-13-19/h4-16,22H,3H2,1-2H3,(H2,24,25,26). The molecule has 6 nitrogen and oxygen atoms in total. The van der Waals surface area contributed by atoms with Gasteiger partial charge in [0.1, 0.15) is 10.6 Å². The number of benzene rings is 3. The first kappa shape index (κ1) is 21.4. The van der Waals surface area contributed by atoms with Crippen LogP contribution in [0.25, 0.3) is 0 Å². The van der Waals surface area contributed by atoms with Gasteiger partial charge >= 0.3 is 6.03 Å². The minimum absolute atomic E-state index is 0.0823. The van der Waals surface area contributed by atoms with E-state index in [2.05, 4.69) is 10.0 Å². The molecule has 0 heterocycles. The zero-order valence-corrected chi connectivity index (χ0v) is 17.6. The quantitative estimate of drug-likeness (QED) is 0.596. The molecule has 2 amide bonds. The summed E-state index contributed by atoms with van der Waals surface area (Å²) in [5.74, 6) is 0.209. The van der Waals surface area contributed by atoms with E-state index in [-0.39, 0.29) is 10.6 Å². The summed E-state index contributed by atoms with van der Waals surface area (Å²) in [5, 5.41) is 2.77. The Balaban J connectivity index is 1.85. The van der Waals surface area contributed by atoms with Gasteiger partial charge in [0.15, 0.2) is 0 Å². The smallest absolute Gasteiger partial charge is 0.329 e. The fourth-order valence-electron chi connectivity index (χ4n) is 3.09. The van der Waals surface area contributed by atoms with Crippen molar-refractivity contribution in [1.29, 1.82) is 0 Å². The van der Waals surface area contributed by atoms with E-state index in [1.165, 1.54) is 6.07 Å². The number of nitrogens with one attached hydrogen (secondary N) is 2. The van der Waals surface area contributed by atoms with E-state index in [1.54, 1.807) is 19.1 Å². The van der Waals surface area contributed by atoms with Crippen LogP contribution in [0.4, 0.5) is 4.79 Å². The number of hydrogen-bond donors (Lipinski definition) is 2. The number of carbonyl (C=O) groups excluding carboxylic acids is 1. The summed E-state index contributed by atoms with van der Waals surface area (Å²) in [6, 6.07) is 22.1. The van der Waals surface area contributed by atoms with E-state index in [0.29, 0.717) is 6.61 Å². The normalized spacial score (nSPS) is 11.2. The van der Waals surface area contributed by atoms with Gasteiger partial charge < -0.3 is 10.1 Å². The first-order chi connectivity index (χ1) is 14.4. The molecule has 30 heavy (non-hydrogen) atoms. The topological polar surface area (TPSA) is 84.5 Å². The maximum atomic E-state index is 12.9. The number of hydrogen-bond acceptors (Lipinski definition) is 4. The Morgan fingerprint density at radius 2 is 1.50 bits per heavy atom. The van der Waals surface area contributed by atoms with E-state index in [1.807, 2.05) is 67.6 Å². The fourth-order valence-corrected chi connectivity index (χ4v) is 4.14. The molecule has 0 saturated carbocycles. The maximum absolute atomic E-state index is 12.9. The lowest BCUT2D eigenvalue weighted by Gasteiger charge is -2.20. The molecule has 0 aliphatic carbocycles. The predicted molar refractivity (Wildman–Crippen MR) is 116 cm³/mol. The van der Waals surface area contributed by atoms with Gasteiger partial charge in [-0.2, -0.15) is 0 Å². The monoisotopic (exact) mass is 424 g/mol. The molecule has 0 atom stereocenters. The summed E-state index contributed by atoms with van der Waals surface area (Å²) >= 11 is 0. The minimum Gasteiger partial charge on any atom is -0.492 e. The number of ether oxygens (including phenoxy) is 1. The summed E-state index contributed by atoms with van der Waals surface area (Å²) in [5.41, 5.74) is 2.53. The van der Waals surface area contributed by atoms with Crippen molar-refractivity contribution in [2.75, 3.05) is 6.61 Å². The van der Waals surface area contributed by atoms with Crippen LogP contribution in [0.1, 0.15) is 29.7 Å². The molecule has 0 unspecified atom stereocenters. The van der Waals surface area contributed by atoms with Crippen molar-refractivity contribution in [3.8, 4) is 5.75 Å². The Bertz CT molecular complexity index is 1060. The number of aryl methyl sites for hydroxylation is 1. The Hall–Kier alpha value is -3.32. The number of carbonyl (C=O) groups is 1. The van der Waals surface area contributed by atoms with Gasteiger partial charge in [-0.1, -0.05) is 66.7 Å². The molecular weight excluding hydrogens is 400 g/mol. The second-order valence-electron chi connectivity index (χ2n) is 6.72. The Morgan fingerprint density at radius 3 is 2.03 bits per heavy atom.